The van der Waals surface area contributed by atoms with Gasteiger partial charge in [0, 0.05) is 65.7 Å². The summed E-state index contributed by atoms with van der Waals surface area (Å²) in [4.78, 5) is 75.6. The highest BCUT2D eigenvalue weighted by molar-refractivity contribution is 7.17. The van der Waals surface area contributed by atoms with Gasteiger partial charge in [-0.1, -0.05) is 91.7 Å². The lowest BCUT2D eigenvalue weighted by atomic mass is 9.71. The number of hydrogen-bond donors (Lipinski definition) is 2. The van der Waals surface area contributed by atoms with Crippen molar-refractivity contribution in [2.24, 2.45) is 10.8 Å². The number of amides is 1. The standard InChI is InChI=1S/C30H42N4O4SSi.C25H33N3O4SSi/c1-30(12-6-5-7-13-30)27(36)22-19-34(20-38-16-17-40(2,3)4)28-26(22)32-23(18-31-28)24-8-9-25(39-24)29(37)33-14-10-21(35)11-15-33;1-25(10-6-5-7-11-25)22(29)17-15-28(16-32-12-13-34(2,3)4)23-21(17)27-18(14-26-23)19-8-9-20(33-19)24(30)31/h8-9,18-19,21,35H,5-7,10-17,20H2,1-4H3;8-9,14-15H,5-7,10-13,16H2,1-4H3,(H,30,31). The van der Waals surface area contributed by atoms with Crippen molar-refractivity contribution in [2.75, 3.05) is 26.3 Å². The topological polar surface area (TPSA) is 192 Å². The molecule has 1 amide bonds. The van der Waals surface area contributed by atoms with Gasteiger partial charge in [0.2, 0.25) is 0 Å². The minimum atomic E-state index is -1.21. The number of Topliss-reactive ketones (excluding diaryl/α,β-unsaturated/α-hetero) is 2. The summed E-state index contributed by atoms with van der Waals surface area (Å²) in [5.74, 6) is -0.728. The maximum Gasteiger partial charge on any atom is 0.345 e. The summed E-state index contributed by atoms with van der Waals surface area (Å²) in [5.41, 5.74) is 4.08. The largest absolute Gasteiger partial charge is 0.477 e. The molecule has 398 valence electrons. The number of aromatic nitrogens is 6. The van der Waals surface area contributed by atoms with Crippen molar-refractivity contribution in [2.45, 2.75) is 162 Å². The van der Waals surface area contributed by atoms with Crippen molar-refractivity contribution in [3.05, 3.63) is 69.9 Å². The Bertz CT molecular complexity index is 2960. The molecule has 0 atom stereocenters. The number of aromatic carboxylic acids is 1. The lowest BCUT2D eigenvalue weighted by molar-refractivity contribution is 0.0549. The van der Waals surface area contributed by atoms with Crippen LogP contribution in [0.3, 0.4) is 0 Å². The van der Waals surface area contributed by atoms with Crippen molar-refractivity contribution in [3.63, 3.8) is 0 Å². The minimum Gasteiger partial charge on any atom is -0.477 e. The Morgan fingerprint density at radius 3 is 1.47 bits per heavy atom. The number of piperidine rings is 1. The van der Waals surface area contributed by atoms with Gasteiger partial charge in [-0.25, -0.2) is 24.7 Å². The molecular weight excluding hydrogens is 1010 g/mol. The molecule has 3 fully saturated rings. The number of thiophene rings is 2. The van der Waals surface area contributed by atoms with E-state index in [-0.39, 0.29) is 28.5 Å². The zero-order valence-electron chi connectivity index (χ0n) is 44.6. The van der Waals surface area contributed by atoms with Crippen LogP contribution in [-0.2, 0) is 22.9 Å². The quantitative estimate of drug-likeness (QED) is 0.0471. The smallest absolute Gasteiger partial charge is 0.345 e. The first kappa shape index (κ1) is 55.5. The Hall–Kier alpha value is -4.77. The van der Waals surface area contributed by atoms with Gasteiger partial charge in [-0.15, -0.1) is 22.7 Å². The average molecular weight is 1080 g/mol. The summed E-state index contributed by atoms with van der Waals surface area (Å²) in [6.07, 6.45) is 18.2. The first-order valence-electron chi connectivity index (χ1n) is 26.5. The normalized spacial score (nSPS) is 17.3. The number of aliphatic hydroxyl groups is 1. The van der Waals surface area contributed by atoms with Crippen molar-refractivity contribution >= 4 is 84.6 Å². The molecule has 2 aliphatic carbocycles. The number of ketones is 2. The van der Waals surface area contributed by atoms with Crippen molar-refractivity contribution in [3.8, 4) is 21.1 Å². The van der Waals surface area contributed by atoms with Gasteiger partial charge < -0.3 is 33.7 Å². The number of fused-ring (bicyclic) bond motifs is 2. The third-order valence-electron chi connectivity index (χ3n) is 15.0. The van der Waals surface area contributed by atoms with E-state index in [0.29, 0.717) is 107 Å². The molecule has 6 aromatic rings. The van der Waals surface area contributed by atoms with Crippen molar-refractivity contribution in [1.29, 1.82) is 0 Å². The van der Waals surface area contributed by atoms with Crippen LogP contribution in [0.4, 0.5) is 0 Å². The van der Waals surface area contributed by atoms with Crippen LogP contribution in [0.2, 0.25) is 51.4 Å². The Morgan fingerprint density at radius 2 is 1.07 bits per heavy atom. The maximum atomic E-state index is 14.0. The number of carboxylic acids is 1. The molecule has 74 heavy (non-hydrogen) atoms. The van der Waals surface area contributed by atoms with Crippen LogP contribution in [0.25, 0.3) is 43.5 Å². The number of carbonyl (C=O) groups excluding carboxylic acids is 3. The van der Waals surface area contributed by atoms with Gasteiger partial charge >= 0.3 is 5.97 Å². The second-order valence-electron chi connectivity index (χ2n) is 23.6. The second-order valence-corrected chi connectivity index (χ2v) is 37.0. The lowest BCUT2D eigenvalue weighted by Gasteiger charge is -2.31. The van der Waals surface area contributed by atoms with Crippen LogP contribution >= 0.6 is 22.7 Å². The molecule has 0 spiro atoms. The van der Waals surface area contributed by atoms with Crippen molar-refractivity contribution < 1.29 is 38.9 Å². The predicted octanol–water partition coefficient (Wildman–Crippen LogP) is 12.5. The summed E-state index contributed by atoms with van der Waals surface area (Å²) in [6, 6.07) is 9.20. The van der Waals surface area contributed by atoms with Gasteiger partial charge in [-0.2, -0.15) is 0 Å². The third kappa shape index (κ3) is 13.2. The van der Waals surface area contributed by atoms with E-state index in [1.54, 1.807) is 29.4 Å². The van der Waals surface area contributed by atoms with Crippen LogP contribution in [-0.4, -0.2) is 116 Å². The Labute approximate surface area is 445 Å². The average Bonchev–Trinajstić information content (AvgIpc) is 4.20. The highest BCUT2D eigenvalue weighted by Gasteiger charge is 2.39. The van der Waals surface area contributed by atoms with E-state index in [2.05, 4.69) is 58.1 Å². The van der Waals surface area contributed by atoms with Gasteiger partial charge in [0.25, 0.3) is 5.91 Å². The number of ether oxygens (including phenoxy) is 2. The molecule has 0 aromatic carbocycles. The number of nitrogens with zero attached hydrogens (tertiary/aromatic N) is 7. The number of aliphatic hydroxyl groups excluding tert-OH is 1. The van der Waals surface area contributed by atoms with E-state index < -0.39 is 32.9 Å². The molecule has 0 unspecified atom stereocenters. The molecule has 0 radical (unpaired) electrons. The molecule has 19 heteroatoms. The predicted molar refractivity (Wildman–Crippen MR) is 299 cm³/mol. The van der Waals surface area contributed by atoms with E-state index in [0.717, 1.165) is 79.7 Å². The van der Waals surface area contributed by atoms with Gasteiger partial charge in [0.1, 0.15) is 29.4 Å². The van der Waals surface area contributed by atoms with E-state index in [9.17, 15) is 29.4 Å². The third-order valence-corrected chi connectivity index (χ3v) is 20.6. The maximum absolute atomic E-state index is 14.0. The Balaban J connectivity index is 0.000000200. The number of carboxylic acid groups (broad SMARTS) is 1. The fourth-order valence-electron chi connectivity index (χ4n) is 10.1. The number of likely N-dealkylation sites (tertiary alicyclic amines) is 1. The molecule has 1 aliphatic heterocycles. The first-order valence-corrected chi connectivity index (χ1v) is 35.5. The number of hydrogen-bond acceptors (Lipinski definition) is 13. The molecule has 15 nitrogen and oxygen atoms in total. The van der Waals surface area contributed by atoms with E-state index in [1.807, 2.05) is 33.7 Å². The van der Waals surface area contributed by atoms with Crippen LogP contribution in [0.15, 0.2) is 49.1 Å². The van der Waals surface area contributed by atoms with E-state index >= 15 is 0 Å². The molecule has 7 heterocycles. The molecule has 6 aromatic heterocycles. The summed E-state index contributed by atoms with van der Waals surface area (Å²) >= 11 is 2.55. The zero-order chi connectivity index (χ0) is 53.0. The molecule has 0 bridgehead atoms. The number of carbonyl (C=O) groups is 4. The van der Waals surface area contributed by atoms with Crippen LogP contribution < -0.4 is 0 Å². The molecule has 2 N–H and O–H groups in total. The zero-order valence-corrected chi connectivity index (χ0v) is 48.3. The molecule has 9 rings (SSSR count). The Kier molecular flexibility index (Phi) is 17.4. The van der Waals surface area contributed by atoms with E-state index in [1.165, 1.54) is 24.2 Å². The molecular formula is C55H75N7O8S2Si2. The molecule has 1 saturated heterocycles. The van der Waals surface area contributed by atoms with Gasteiger partial charge in [0.15, 0.2) is 22.9 Å². The highest BCUT2D eigenvalue weighted by Crippen LogP contribution is 2.42. The fraction of sp³-hybridized carbons (Fsp3) is 0.564. The van der Waals surface area contributed by atoms with Crippen LogP contribution in [0, 0.1) is 10.8 Å². The van der Waals surface area contributed by atoms with Crippen LogP contribution in [0.5, 0.6) is 0 Å². The summed E-state index contributed by atoms with van der Waals surface area (Å²) in [6.45, 7) is 21.2. The van der Waals surface area contributed by atoms with Gasteiger partial charge in [-0.05, 0) is 74.9 Å². The summed E-state index contributed by atoms with van der Waals surface area (Å²) in [7, 11) is -2.42. The van der Waals surface area contributed by atoms with Gasteiger partial charge in [0.05, 0.1) is 55.6 Å². The van der Waals surface area contributed by atoms with Crippen molar-refractivity contribution in [1.82, 2.24) is 34.0 Å². The molecule has 2 saturated carbocycles. The monoisotopic (exact) mass is 1080 g/mol. The fourth-order valence-corrected chi connectivity index (χ4v) is 13.4. The lowest BCUT2D eigenvalue weighted by Crippen LogP contribution is -2.39. The highest BCUT2D eigenvalue weighted by atomic mass is 32.1. The SMILES string of the molecule is CC1(C(=O)c2cn(COCC[Si](C)(C)C)c3ncc(-c4ccc(C(=O)N5CCC(O)CC5)s4)nc23)CCCCC1.CC1(C(=O)c2cn(COCC[Si](C)(C)C)c3ncc(-c4ccc(C(=O)O)s4)nc23)CCCCC1. The summed E-state index contributed by atoms with van der Waals surface area (Å²) in [5, 5.41) is 19.1. The molecule has 3 aliphatic rings. The Morgan fingerprint density at radius 1 is 0.649 bits per heavy atom. The summed E-state index contributed by atoms with van der Waals surface area (Å²) < 4.78 is 15.8. The second kappa shape index (κ2) is 23.2. The minimum absolute atomic E-state index is 0.0140. The number of rotatable bonds is 18. The van der Waals surface area contributed by atoms with Crippen LogP contribution in [0.1, 0.15) is 131 Å². The van der Waals surface area contributed by atoms with E-state index in [4.69, 9.17) is 24.4 Å². The first-order chi connectivity index (χ1) is 35.1. The van der Waals surface area contributed by atoms with Gasteiger partial charge in [-0.3, -0.25) is 14.4 Å².